The van der Waals surface area contributed by atoms with Gasteiger partial charge in [-0.1, -0.05) is 19.1 Å². The molecule has 2 rings (SSSR count). The first kappa shape index (κ1) is 7.87. The van der Waals surface area contributed by atoms with Crippen LogP contribution in [0.5, 0.6) is 0 Å². The van der Waals surface area contributed by atoms with Gasteiger partial charge in [-0.15, -0.1) is 0 Å². The Bertz CT molecular complexity index is 242. The molecule has 2 N–H and O–H groups in total. The van der Waals surface area contributed by atoms with Crippen LogP contribution in [0.15, 0.2) is 23.4 Å². The molecule has 1 heterocycles. The predicted molar refractivity (Wildman–Crippen MR) is 48.3 cm³/mol. The smallest absolute Gasteiger partial charge is 0.124 e. The summed E-state index contributed by atoms with van der Waals surface area (Å²) in [6.07, 6.45) is 7.19. The van der Waals surface area contributed by atoms with Crippen LogP contribution in [0.1, 0.15) is 26.2 Å². The third kappa shape index (κ3) is 1.39. The first-order chi connectivity index (χ1) is 5.75. The van der Waals surface area contributed by atoms with Gasteiger partial charge in [-0.3, -0.25) is 0 Å². The van der Waals surface area contributed by atoms with Gasteiger partial charge in [0.05, 0.1) is 0 Å². The Hall–Kier alpha value is -0.760. The van der Waals surface area contributed by atoms with Gasteiger partial charge >= 0.3 is 0 Å². The molecule has 66 valence electrons. The topological polar surface area (TPSA) is 32.3 Å². The fraction of sp³-hybridized carbons (Fsp3) is 0.600. The second kappa shape index (κ2) is 2.94. The largest absolute Gasteiger partial charge is 0.374 e. The molecule has 2 atom stereocenters. The van der Waals surface area contributed by atoms with Crippen molar-refractivity contribution in [2.75, 3.05) is 0 Å². The van der Waals surface area contributed by atoms with Crippen molar-refractivity contribution in [2.24, 2.45) is 5.92 Å². The molecule has 0 bridgehead atoms. The van der Waals surface area contributed by atoms with Gasteiger partial charge < -0.3 is 10.4 Å². The first-order valence-corrected chi connectivity index (χ1v) is 4.61. The summed E-state index contributed by atoms with van der Waals surface area (Å²) in [6, 6.07) is 0. The predicted octanol–water partition coefficient (Wildman–Crippen LogP) is 1.54. The van der Waals surface area contributed by atoms with Crippen molar-refractivity contribution < 1.29 is 5.11 Å². The molecule has 2 unspecified atom stereocenters. The summed E-state index contributed by atoms with van der Waals surface area (Å²) in [5.41, 5.74) is 2.55. The van der Waals surface area contributed by atoms with Crippen LogP contribution in [0.25, 0.3) is 0 Å². The van der Waals surface area contributed by atoms with Crippen LogP contribution in [-0.4, -0.2) is 11.3 Å². The SMILES string of the molecule is CC1C=C2NC(O)CCC2=CC1. The van der Waals surface area contributed by atoms with Crippen LogP contribution >= 0.6 is 0 Å². The molecule has 1 saturated heterocycles. The van der Waals surface area contributed by atoms with E-state index in [-0.39, 0.29) is 6.23 Å². The summed E-state index contributed by atoms with van der Waals surface area (Å²) < 4.78 is 0. The highest BCUT2D eigenvalue weighted by Crippen LogP contribution is 2.28. The van der Waals surface area contributed by atoms with Gasteiger partial charge in [0.25, 0.3) is 0 Å². The zero-order chi connectivity index (χ0) is 8.55. The number of allylic oxidation sites excluding steroid dienone is 3. The highest BCUT2D eigenvalue weighted by Gasteiger charge is 2.20. The Kier molecular flexibility index (Phi) is 1.93. The lowest BCUT2D eigenvalue weighted by Gasteiger charge is -2.29. The first-order valence-electron chi connectivity index (χ1n) is 4.61. The van der Waals surface area contributed by atoms with Gasteiger partial charge in [-0.2, -0.15) is 0 Å². The third-order valence-electron chi connectivity index (χ3n) is 2.54. The summed E-state index contributed by atoms with van der Waals surface area (Å²) in [5, 5.41) is 12.5. The molecule has 2 aliphatic rings. The Balaban J connectivity index is 2.18. The summed E-state index contributed by atoms with van der Waals surface area (Å²) in [7, 11) is 0. The average Bonchev–Trinajstić information content (AvgIpc) is 2.03. The lowest BCUT2D eigenvalue weighted by atomic mass is 9.90. The van der Waals surface area contributed by atoms with E-state index < -0.39 is 0 Å². The lowest BCUT2D eigenvalue weighted by Crippen LogP contribution is -2.34. The molecular formula is C10H15NO. The van der Waals surface area contributed by atoms with E-state index in [1.54, 1.807) is 0 Å². The second-order valence-electron chi connectivity index (χ2n) is 3.72. The number of rotatable bonds is 0. The number of fused-ring (bicyclic) bond motifs is 1. The number of aliphatic hydroxyl groups excluding tert-OH is 1. The summed E-state index contributed by atoms with van der Waals surface area (Å²) in [4.78, 5) is 0. The van der Waals surface area contributed by atoms with Crippen molar-refractivity contribution in [3.63, 3.8) is 0 Å². The maximum Gasteiger partial charge on any atom is 0.124 e. The average molecular weight is 165 g/mol. The van der Waals surface area contributed by atoms with Crippen LogP contribution in [0, 0.1) is 5.92 Å². The molecule has 0 aromatic carbocycles. The number of hydrogen-bond acceptors (Lipinski definition) is 2. The van der Waals surface area contributed by atoms with Crippen molar-refractivity contribution in [3.05, 3.63) is 23.4 Å². The molecule has 0 aromatic heterocycles. The summed E-state index contributed by atoms with van der Waals surface area (Å²) in [6.45, 7) is 2.20. The van der Waals surface area contributed by atoms with E-state index in [0.717, 1.165) is 25.0 Å². The maximum atomic E-state index is 9.36. The maximum absolute atomic E-state index is 9.36. The van der Waals surface area contributed by atoms with Gasteiger partial charge in [0.1, 0.15) is 6.23 Å². The molecule has 12 heavy (non-hydrogen) atoms. The van der Waals surface area contributed by atoms with E-state index in [9.17, 15) is 5.11 Å². The Labute approximate surface area is 73.0 Å². The molecule has 0 radical (unpaired) electrons. The van der Waals surface area contributed by atoms with E-state index in [2.05, 4.69) is 24.4 Å². The van der Waals surface area contributed by atoms with Crippen LogP contribution in [0.3, 0.4) is 0 Å². The standard InChI is InChI=1S/C10H15NO/c1-7-2-3-8-4-5-10(12)11-9(8)6-7/h3,6-7,10-12H,2,4-5H2,1H3. The van der Waals surface area contributed by atoms with Crippen molar-refractivity contribution in [1.82, 2.24) is 5.32 Å². The van der Waals surface area contributed by atoms with Crippen LogP contribution in [0.4, 0.5) is 0 Å². The monoisotopic (exact) mass is 165 g/mol. The zero-order valence-electron chi connectivity index (χ0n) is 7.38. The van der Waals surface area contributed by atoms with Gasteiger partial charge in [-0.05, 0) is 30.8 Å². The molecule has 0 aromatic rings. The van der Waals surface area contributed by atoms with E-state index in [1.165, 1.54) is 5.57 Å². The zero-order valence-corrected chi connectivity index (χ0v) is 7.38. The summed E-state index contributed by atoms with van der Waals surface area (Å²) in [5.74, 6) is 0.613. The van der Waals surface area contributed by atoms with Crippen LogP contribution < -0.4 is 5.32 Å². The Morgan fingerprint density at radius 2 is 2.42 bits per heavy atom. The van der Waals surface area contributed by atoms with Crippen molar-refractivity contribution in [1.29, 1.82) is 0 Å². The Morgan fingerprint density at radius 3 is 3.25 bits per heavy atom. The minimum Gasteiger partial charge on any atom is -0.374 e. The van der Waals surface area contributed by atoms with E-state index in [4.69, 9.17) is 0 Å². The Morgan fingerprint density at radius 1 is 1.58 bits per heavy atom. The van der Waals surface area contributed by atoms with E-state index >= 15 is 0 Å². The van der Waals surface area contributed by atoms with E-state index in [0.29, 0.717) is 5.92 Å². The number of aliphatic hydroxyl groups is 1. The molecule has 2 heteroatoms. The molecule has 0 amide bonds. The van der Waals surface area contributed by atoms with Crippen molar-refractivity contribution in [3.8, 4) is 0 Å². The van der Waals surface area contributed by atoms with Gasteiger partial charge in [-0.25, -0.2) is 0 Å². The van der Waals surface area contributed by atoms with Crippen molar-refractivity contribution in [2.45, 2.75) is 32.4 Å². The minimum absolute atomic E-state index is 0.335. The minimum atomic E-state index is -0.335. The van der Waals surface area contributed by atoms with Gasteiger partial charge in [0.15, 0.2) is 0 Å². The fourth-order valence-corrected chi connectivity index (χ4v) is 1.82. The van der Waals surface area contributed by atoms with Gasteiger partial charge in [0.2, 0.25) is 0 Å². The number of piperidine rings is 1. The second-order valence-corrected chi connectivity index (χ2v) is 3.72. The molecular weight excluding hydrogens is 150 g/mol. The highest BCUT2D eigenvalue weighted by atomic mass is 16.3. The lowest BCUT2D eigenvalue weighted by molar-refractivity contribution is 0.131. The van der Waals surface area contributed by atoms with Crippen LogP contribution in [-0.2, 0) is 0 Å². The normalized spacial score (nSPS) is 34.5. The highest BCUT2D eigenvalue weighted by molar-refractivity contribution is 5.35. The van der Waals surface area contributed by atoms with Gasteiger partial charge in [0, 0.05) is 5.70 Å². The summed E-state index contributed by atoms with van der Waals surface area (Å²) >= 11 is 0. The number of nitrogens with one attached hydrogen (secondary N) is 1. The quantitative estimate of drug-likeness (QED) is 0.570. The molecule has 2 nitrogen and oxygen atoms in total. The molecule has 1 fully saturated rings. The number of hydrogen-bond donors (Lipinski definition) is 2. The van der Waals surface area contributed by atoms with Crippen molar-refractivity contribution >= 4 is 0 Å². The van der Waals surface area contributed by atoms with Crippen LogP contribution in [0.2, 0.25) is 0 Å². The third-order valence-corrected chi connectivity index (χ3v) is 2.54. The van der Waals surface area contributed by atoms with E-state index in [1.807, 2.05) is 0 Å². The molecule has 0 spiro atoms. The fourth-order valence-electron chi connectivity index (χ4n) is 1.82. The molecule has 1 aliphatic carbocycles. The molecule has 1 aliphatic heterocycles. The molecule has 0 saturated carbocycles.